The van der Waals surface area contributed by atoms with E-state index in [0.29, 0.717) is 0 Å². The molecule has 1 heterocycles. The van der Waals surface area contributed by atoms with E-state index in [0.717, 1.165) is 12.3 Å². The second-order valence-electron chi connectivity index (χ2n) is 3.81. The summed E-state index contributed by atoms with van der Waals surface area (Å²) >= 11 is 5.64. The molecule has 1 amide bonds. The number of rotatable bonds is 6. The summed E-state index contributed by atoms with van der Waals surface area (Å²) in [6.45, 7) is 1.83. The van der Waals surface area contributed by atoms with E-state index < -0.39 is 22.5 Å². The monoisotopic (exact) mass is 301 g/mol. The van der Waals surface area contributed by atoms with Crippen LogP contribution in [0.4, 0.5) is 5.69 Å². The molecule has 0 radical (unpaired) electrons. The van der Waals surface area contributed by atoms with Crippen molar-refractivity contribution >= 4 is 29.2 Å². The van der Waals surface area contributed by atoms with E-state index in [1.807, 2.05) is 0 Å². The van der Waals surface area contributed by atoms with Gasteiger partial charge in [-0.05, 0) is 13.0 Å². The maximum atomic E-state index is 12.2. The highest BCUT2D eigenvalue weighted by molar-refractivity contribution is 6.29. The molecule has 0 fully saturated rings. The maximum absolute atomic E-state index is 12.2. The molecule has 0 aliphatic carbocycles. The number of amides is 1. The summed E-state index contributed by atoms with van der Waals surface area (Å²) < 4.78 is 0. The van der Waals surface area contributed by atoms with Crippen LogP contribution >= 0.6 is 11.6 Å². The molecular formula is C11H12ClN3O5. The Labute approximate surface area is 119 Å². The maximum Gasteiger partial charge on any atom is 0.305 e. The highest BCUT2D eigenvalue weighted by Gasteiger charge is 2.25. The molecule has 0 unspecified atom stereocenters. The average Bonchev–Trinajstić information content (AvgIpc) is 2.38. The fraction of sp³-hybridized carbons (Fsp3) is 0.364. The highest BCUT2D eigenvalue weighted by Crippen LogP contribution is 2.22. The molecular weight excluding hydrogens is 290 g/mol. The van der Waals surface area contributed by atoms with Crippen LogP contribution in [-0.2, 0) is 4.79 Å². The zero-order valence-corrected chi connectivity index (χ0v) is 11.3. The number of nitrogens with zero attached hydrogens (tertiary/aromatic N) is 3. The summed E-state index contributed by atoms with van der Waals surface area (Å²) in [6, 6.07) is 1.10. The van der Waals surface area contributed by atoms with Gasteiger partial charge >= 0.3 is 5.97 Å². The van der Waals surface area contributed by atoms with Gasteiger partial charge < -0.3 is 10.0 Å². The van der Waals surface area contributed by atoms with Gasteiger partial charge in [0.05, 0.1) is 11.3 Å². The zero-order chi connectivity index (χ0) is 15.3. The molecule has 1 rings (SSSR count). The number of pyridine rings is 1. The van der Waals surface area contributed by atoms with Gasteiger partial charge in [0.15, 0.2) is 0 Å². The quantitative estimate of drug-likeness (QED) is 0.485. The molecule has 9 heteroatoms. The first-order valence-electron chi connectivity index (χ1n) is 5.67. The molecule has 0 atom stereocenters. The van der Waals surface area contributed by atoms with Gasteiger partial charge in [0, 0.05) is 13.1 Å². The normalized spacial score (nSPS) is 10.1. The lowest BCUT2D eigenvalue weighted by Gasteiger charge is -2.19. The van der Waals surface area contributed by atoms with Gasteiger partial charge in [-0.2, -0.15) is 0 Å². The van der Waals surface area contributed by atoms with Crippen molar-refractivity contribution in [2.24, 2.45) is 0 Å². The molecule has 0 saturated carbocycles. The van der Waals surface area contributed by atoms with Crippen molar-refractivity contribution in [2.75, 3.05) is 13.1 Å². The van der Waals surface area contributed by atoms with Crippen molar-refractivity contribution in [2.45, 2.75) is 13.3 Å². The van der Waals surface area contributed by atoms with E-state index in [1.54, 1.807) is 6.92 Å². The second kappa shape index (κ2) is 6.80. The number of aliphatic carboxylic acids is 1. The lowest BCUT2D eigenvalue weighted by molar-refractivity contribution is -0.385. The van der Waals surface area contributed by atoms with Gasteiger partial charge in [-0.25, -0.2) is 4.98 Å². The van der Waals surface area contributed by atoms with Gasteiger partial charge in [-0.15, -0.1) is 0 Å². The summed E-state index contributed by atoms with van der Waals surface area (Å²) in [6.07, 6.45) is 0.660. The Morgan fingerprint density at radius 2 is 2.20 bits per heavy atom. The minimum atomic E-state index is -1.06. The van der Waals surface area contributed by atoms with E-state index in [2.05, 4.69) is 4.98 Å². The SMILES string of the molecule is CCN(CCC(=O)O)C(=O)c1cc(Cl)ncc1[N+](=O)[O-]. The van der Waals surface area contributed by atoms with E-state index in [1.165, 1.54) is 4.90 Å². The molecule has 0 spiro atoms. The molecule has 0 aromatic carbocycles. The highest BCUT2D eigenvalue weighted by atomic mass is 35.5. The van der Waals surface area contributed by atoms with Gasteiger partial charge in [0.1, 0.15) is 16.9 Å². The number of aromatic nitrogens is 1. The molecule has 1 aromatic heterocycles. The number of carboxylic acids is 1. The largest absolute Gasteiger partial charge is 0.481 e. The van der Waals surface area contributed by atoms with Crippen molar-refractivity contribution < 1.29 is 19.6 Å². The number of hydrogen-bond donors (Lipinski definition) is 1. The standard InChI is InChI=1S/C11H12ClN3O5/c1-2-14(4-3-10(16)17)11(18)7-5-9(12)13-6-8(7)15(19)20/h5-6H,2-4H2,1H3,(H,16,17). The summed E-state index contributed by atoms with van der Waals surface area (Å²) in [7, 11) is 0. The van der Waals surface area contributed by atoms with Crippen LogP contribution in [0.2, 0.25) is 5.15 Å². The first-order valence-corrected chi connectivity index (χ1v) is 6.05. The van der Waals surface area contributed by atoms with Crippen molar-refractivity contribution in [3.8, 4) is 0 Å². The minimum absolute atomic E-state index is 0.0399. The van der Waals surface area contributed by atoms with Crippen LogP contribution in [0.5, 0.6) is 0 Å². The first kappa shape index (κ1) is 15.8. The Balaban J connectivity index is 3.08. The Kier molecular flexibility index (Phi) is 5.39. The molecule has 20 heavy (non-hydrogen) atoms. The Bertz CT molecular complexity index is 549. The van der Waals surface area contributed by atoms with Gasteiger partial charge in [0.25, 0.3) is 11.6 Å². The zero-order valence-electron chi connectivity index (χ0n) is 10.6. The predicted octanol–water partition coefficient (Wildman–Crippen LogP) is 1.58. The summed E-state index contributed by atoms with van der Waals surface area (Å²) in [5.41, 5.74) is -0.671. The fourth-order valence-electron chi connectivity index (χ4n) is 1.54. The van der Waals surface area contributed by atoms with Crippen molar-refractivity contribution in [1.82, 2.24) is 9.88 Å². The van der Waals surface area contributed by atoms with Crippen LogP contribution in [0.1, 0.15) is 23.7 Å². The second-order valence-corrected chi connectivity index (χ2v) is 4.20. The summed E-state index contributed by atoms with van der Waals surface area (Å²) in [5.74, 6) is -1.71. The number of halogens is 1. The van der Waals surface area contributed by atoms with Crippen LogP contribution in [0.25, 0.3) is 0 Å². The smallest absolute Gasteiger partial charge is 0.305 e. The van der Waals surface area contributed by atoms with E-state index in [4.69, 9.17) is 16.7 Å². The molecule has 0 bridgehead atoms. The third-order valence-corrected chi connectivity index (χ3v) is 2.75. The fourth-order valence-corrected chi connectivity index (χ4v) is 1.70. The van der Waals surface area contributed by atoms with Crippen LogP contribution in [0, 0.1) is 10.1 Å². The molecule has 0 aliphatic rings. The third-order valence-electron chi connectivity index (χ3n) is 2.54. The van der Waals surface area contributed by atoms with E-state index in [9.17, 15) is 19.7 Å². The molecule has 0 saturated heterocycles. The van der Waals surface area contributed by atoms with Gasteiger partial charge in [-0.3, -0.25) is 19.7 Å². The Morgan fingerprint density at radius 3 is 2.70 bits per heavy atom. The number of carbonyl (C=O) groups excluding carboxylic acids is 1. The third kappa shape index (κ3) is 3.89. The van der Waals surface area contributed by atoms with Crippen LogP contribution < -0.4 is 0 Å². The van der Waals surface area contributed by atoms with Crippen molar-refractivity contribution in [3.05, 3.63) is 33.1 Å². The number of carboxylic acid groups (broad SMARTS) is 1. The molecule has 1 aromatic rings. The van der Waals surface area contributed by atoms with E-state index >= 15 is 0 Å². The number of hydrogen-bond acceptors (Lipinski definition) is 5. The minimum Gasteiger partial charge on any atom is -0.481 e. The lowest BCUT2D eigenvalue weighted by atomic mass is 10.2. The molecule has 0 aliphatic heterocycles. The van der Waals surface area contributed by atoms with Crippen LogP contribution in [0.15, 0.2) is 12.3 Å². The molecule has 108 valence electrons. The first-order chi connectivity index (χ1) is 9.36. The van der Waals surface area contributed by atoms with Gasteiger partial charge in [0.2, 0.25) is 0 Å². The Hall–Kier alpha value is -2.22. The van der Waals surface area contributed by atoms with Gasteiger partial charge in [-0.1, -0.05) is 11.6 Å². The predicted molar refractivity (Wildman–Crippen MR) is 69.7 cm³/mol. The molecule has 8 nitrogen and oxygen atoms in total. The Morgan fingerprint density at radius 1 is 1.55 bits per heavy atom. The number of carbonyl (C=O) groups is 2. The van der Waals surface area contributed by atoms with Crippen molar-refractivity contribution in [3.63, 3.8) is 0 Å². The van der Waals surface area contributed by atoms with E-state index in [-0.39, 0.29) is 30.2 Å². The number of nitro groups is 1. The lowest BCUT2D eigenvalue weighted by Crippen LogP contribution is -2.33. The topological polar surface area (TPSA) is 114 Å². The molecule has 1 N–H and O–H groups in total. The van der Waals surface area contributed by atoms with Crippen LogP contribution in [-0.4, -0.2) is 44.9 Å². The summed E-state index contributed by atoms with van der Waals surface area (Å²) in [4.78, 5) is 37.6. The average molecular weight is 302 g/mol. The van der Waals surface area contributed by atoms with Crippen molar-refractivity contribution in [1.29, 1.82) is 0 Å². The van der Waals surface area contributed by atoms with Crippen LogP contribution in [0.3, 0.4) is 0 Å². The summed E-state index contributed by atoms with van der Waals surface area (Å²) in [5, 5.41) is 19.4.